The Morgan fingerprint density at radius 3 is 2.26 bits per heavy atom. The second-order valence-corrected chi connectivity index (χ2v) is 8.68. The smallest absolute Gasteiger partial charge is 0.262 e. The maximum atomic E-state index is 12.8. The van der Waals surface area contributed by atoms with Crippen molar-refractivity contribution in [2.24, 2.45) is 0 Å². The van der Waals surface area contributed by atoms with Gasteiger partial charge in [0.05, 0.1) is 24.7 Å². The minimum absolute atomic E-state index is 0.0502. The molecule has 3 aromatic rings. The minimum atomic E-state index is -3.98. The molecule has 1 atom stereocenters. The first-order chi connectivity index (χ1) is 14.7. The predicted octanol–water partition coefficient (Wildman–Crippen LogP) is 3.05. The molecule has 0 aromatic heterocycles. The van der Waals surface area contributed by atoms with E-state index in [1.54, 1.807) is 30.3 Å². The molecular formula is C21H20ClN3O5S. The Kier molecular flexibility index (Phi) is 6.81. The Hall–Kier alpha value is -3.11. The van der Waals surface area contributed by atoms with Gasteiger partial charge in [-0.15, -0.1) is 0 Å². The number of quaternary nitrogens is 1. The van der Waals surface area contributed by atoms with Crippen molar-refractivity contribution in [1.82, 2.24) is 0 Å². The van der Waals surface area contributed by atoms with E-state index in [1.807, 2.05) is 0 Å². The first-order valence-electron chi connectivity index (χ1n) is 9.08. The third-order valence-electron chi connectivity index (χ3n) is 4.38. The van der Waals surface area contributed by atoms with Crippen molar-refractivity contribution in [3.05, 3.63) is 82.5 Å². The van der Waals surface area contributed by atoms with Crippen molar-refractivity contribution in [2.75, 3.05) is 24.2 Å². The zero-order valence-electron chi connectivity index (χ0n) is 16.7. The van der Waals surface area contributed by atoms with Crippen LogP contribution in [0.4, 0.5) is 17.1 Å². The normalized spacial score (nSPS) is 12.1. The number of rotatable bonds is 7. The number of ether oxygens (including phenoxy) is 1. The van der Waals surface area contributed by atoms with E-state index < -0.39 is 15.9 Å². The summed E-state index contributed by atoms with van der Waals surface area (Å²) in [5, 5.41) is 14.7. The highest BCUT2D eigenvalue weighted by Crippen LogP contribution is 2.29. The molecule has 0 saturated carbocycles. The Labute approximate surface area is 185 Å². The number of hydroxylamine groups is 1. The quantitative estimate of drug-likeness (QED) is 0.468. The van der Waals surface area contributed by atoms with Crippen molar-refractivity contribution < 1.29 is 23.0 Å². The van der Waals surface area contributed by atoms with E-state index in [0.29, 0.717) is 16.4 Å². The predicted molar refractivity (Wildman–Crippen MR) is 120 cm³/mol. The van der Waals surface area contributed by atoms with Gasteiger partial charge in [-0.2, -0.15) is 0 Å². The Bertz CT molecular complexity index is 1180. The number of halogens is 1. The highest BCUT2D eigenvalue weighted by Gasteiger charge is 2.18. The summed E-state index contributed by atoms with van der Waals surface area (Å²) >= 11 is 5.83. The highest BCUT2D eigenvalue weighted by molar-refractivity contribution is 7.92. The van der Waals surface area contributed by atoms with Crippen LogP contribution >= 0.6 is 11.6 Å². The second-order valence-electron chi connectivity index (χ2n) is 6.56. The van der Waals surface area contributed by atoms with Gasteiger partial charge in [-0.25, -0.2) is 8.42 Å². The molecule has 0 aliphatic carbocycles. The van der Waals surface area contributed by atoms with Gasteiger partial charge in [-0.05, 0) is 54.6 Å². The zero-order valence-corrected chi connectivity index (χ0v) is 18.3. The number of sulfonamides is 1. The average Bonchev–Trinajstić information content (AvgIpc) is 2.75. The lowest BCUT2D eigenvalue weighted by Crippen LogP contribution is -2.98. The first-order valence-corrected chi connectivity index (χ1v) is 10.9. The van der Waals surface area contributed by atoms with Crippen LogP contribution in [-0.4, -0.2) is 28.5 Å². The topological polar surface area (TPSA) is 112 Å². The summed E-state index contributed by atoms with van der Waals surface area (Å²) in [4.78, 5) is 12.3. The van der Waals surface area contributed by atoms with Crippen molar-refractivity contribution in [3.63, 3.8) is 0 Å². The lowest BCUT2D eigenvalue weighted by molar-refractivity contribution is -0.751. The van der Waals surface area contributed by atoms with Crippen molar-refractivity contribution in [2.45, 2.75) is 4.90 Å². The summed E-state index contributed by atoms with van der Waals surface area (Å²) in [6, 6.07) is 16.5. The van der Waals surface area contributed by atoms with Crippen molar-refractivity contribution in [1.29, 1.82) is 0 Å². The molecular weight excluding hydrogens is 442 g/mol. The van der Waals surface area contributed by atoms with Crippen LogP contribution < -0.4 is 19.8 Å². The molecule has 3 N–H and O–H groups in total. The second kappa shape index (κ2) is 9.36. The largest absolute Gasteiger partial charge is 0.629 e. The first kappa shape index (κ1) is 22.6. The third kappa shape index (κ3) is 5.53. The van der Waals surface area contributed by atoms with Gasteiger partial charge >= 0.3 is 0 Å². The van der Waals surface area contributed by atoms with Gasteiger partial charge in [0.2, 0.25) is 0 Å². The van der Waals surface area contributed by atoms with E-state index in [9.17, 15) is 18.4 Å². The van der Waals surface area contributed by atoms with Gasteiger partial charge in [-0.1, -0.05) is 11.6 Å². The highest BCUT2D eigenvalue weighted by atomic mass is 35.5. The maximum absolute atomic E-state index is 12.8. The van der Waals surface area contributed by atoms with Crippen LogP contribution in [0.15, 0.2) is 71.6 Å². The molecule has 0 fully saturated rings. The molecule has 31 heavy (non-hydrogen) atoms. The molecule has 3 aromatic carbocycles. The van der Waals surface area contributed by atoms with E-state index in [4.69, 9.17) is 16.3 Å². The van der Waals surface area contributed by atoms with E-state index in [2.05, 4.69) is 10.0 Å². The molecule has 0 aliphatic rings. The van der Waals surface area contributed by atoms with Crippen LogP contribution in [0.25, 0.3) is 0 Å². The minimum Gasteiger partial charge on any atom is -0.629 e. The fourth-order valence-corrected chi connectivity index (χ4v) is 3.92. The maximum Gasteiger partial charge on any atom is 0.262 e. The standard InChI is InChI=1S/C21H20ClN3O5S/c1-25(27)17-9-12-20(30-2)19(13-17)24-31(28,29)18-10-3-14(4-11-18)21(26)23-16-7-5-15(22)6-8-16/h3-13,24-25H,1-2H3,(H,23,26). The number of benzene rings is 3. The average molecular weight is 462 g/mol. The van der Waals surface area contributed by atoms with Gasteiger partial charge in [0.1, 0.15) is 11.4 Å². The zero-order chi connectivity index (χ0) is 22.6. The van der Waals surface area contributed by atoms with Crippen LogP contribution in [0.5, 0.6) is 5.75 Å². The summed E-state index contributed by atoms with van der Waals surface area (Å²) in [5.41, 5.74) is 1.32. The summed E-state index contributed by atoms with van der Waals surface area (Å²) in [6.07, 6.45) is 0. The third-order valence-corrected chi connectivity index (χ3v) is 6.01. The molecule has 162 valence electrons. The fourth-order valence-electron chi connectivity index (χ4n) is 2.73. The number of amides is 1. The SMILES string of the molecule is COc1ccc([NH+](C)[O-])cc1NS(=O)(=O)c1ccc(C(=O)Nc2ccc(Cl)cc2)cc1. The fraction of sp³-hybridized carbons (Fsp3) is 0.0952. The van der Waals surface area contributed by atoms with Gasteiger partial charge in [0, 0.05) is 28.4 Å². The number of hydrogen-bond acceptors (Lipinski definition) is 5. The lowest BCUT2D eigenvalue weighted by Gasteiger charge is -2.18. The van der Waals surface area contributed by atoms with Gasteiger partial charge in [0.15, 0.2) is 0 Å². The van der Waals surface area contributed by atoms with Crippen LogP contribution in [0.2, 0.25) is 5.02 Å². The molecule has 1 amide bonds. The van der Waals surface area contributed by atoms with Crippen molar-refractivity contribution in [3.8, 4) is 5.75 Å². The van der Waals surface area contributed by atoms with Gasteiger partial charge in [-0.3, -0.25) is 9.52 Å². The molecule has 1 unspecified atom stereocenters. The van der Waals surface area contributed by atoms with E-state index >= 15 is 0 Å². The summed E-state index contributed by atoms with van der Waals surface area (Å²) in [6.45, 7) is 0. The van der Waals surface area contributed by atoms with Gasteiger partial charge < -0.3 is 20.3 Å². The van der Waals surface area contributed by atoms with Crippen LogP contribution in [0, 0.1) is 5.21 Å². The van der Waals surface area contributed by atoms with E-state index in [1.165, 1.54) is 50.6 Å². The summed E-state index contributed by atoms with van der Waals surface area (Å²) in [5.74, 6) is -0.123. The number of carbonyl (C=O) groups is 1. The molecule has 0 spiro atoms. The lowest BCUT2D eigenvalue weighted by atomic mass is 10.2. The molecule has 10 heteroatoms. The Morgan fingerprint density at radius 2 is 1.68 bits per heavy atom. The van der Waals surface area contributed by atoms with Crippen LogP contribution in [0.3, 0.4) is 0 Å². The number of methoxy groups -OCH3 is 1. The number of hydrogen-bond donors (Lipinski definition) is 3. The molecule has 0 bridgehead atoms. The molecule has 8 nitrogen and oxygen atoms in total. The van der Waals surface area contributed by atoms with Crippen LogP contribution in [0.1, 0.15) is 10.4 Å². The number of nitrogens with one attached hydrogen (secondary N) is 3. The van der Waals surface area contributed by atoms with Crippen LogP contribution in [-0.2, 0) is 10.0 Å². The molecule has 0 aliphatic heterocycles. The molecule has 0 saturated heterocycles. The molecule has 0 heterocycles. The van der Waals surface area contributed by atoms with Gasteiger partial charge in [0.25, 0.3) is 15.9 Å². The molecule has 0 radical (unpaired) electrons. The monoisotopic (exact) mass is 461 g/mol. The van der Waals surface area contributed by atoms with E-state index in [-0.39, 0.29) is 27.0 Å². The van der Waals surface area contributed by atoms with E-state index in [0.717, 1.165) is 0 Å². The summed E-state index contributed by atoms with van der Waals surface area (Å²) < 4.78 is 33.2. The van der Waals surface area contributed by atoms with Crippen molar-refractivity contribution >= 4 is 44.6 Å². The number of anilines is 2. The molecule has 3 rings (SSSR count). The number of carbonyl (C=O) groups excluding carboxylic acids is 1. The Morgan fingerprint density at radius 1 is 1.03 bits per heavy atom. The summed E-state index contributed by atoms with van der Waals surface area (Å²) in [7, 11) is -1.20. The Balaban J connectivity index is 1.79.